The molecule has 0 N–H and O–H groups in total. The molecule has 4 heteroatoms. The fourth-order valence-corrected chi connectivity index (χ4v) is 3.17. The van der Waals surface area contributed by atoms with E-state index in [1.54, 1.807) is 24.3 Å². The normalized spacial score (nSPS) is 24.9. The molecular weight excluding hydrogens is 264 g/mol. The van der Waals surface area contributed by atoms with E-state index in [-0.39, 0.29) is 5.97 Å². The zero-order chi connectivity index (χ0) is 14.8. The van der Waals surface area contributed by atoms with Gasteiger partial charge in [-0.05, 0) is 62.7 Å². The zero-order valence-corrected chi connectivity index (χ0v) is 12.1. The Bertz CT molecular complexity index is 613. The Morgan fingerprint density at radius 1 is 1.33 bits per heavy atom. The maximum atomic E-state index is 12.1. The number of fused-ring (bicyclic) bond motifs is 1. The largest absolute Gasteiger partial charge is 0.428 e. The lowest BCUT2D eigenvalue weighted by molar-refractivity contribution is 0.0598. The summed E-state index contributed by atoms with van der Waals surface area (Å²) in [5.41, 5.74) is 1.02. The van der Waals surface area contributed by atoms with E-state index < -0.39 is 0 Å². The van der Waals surface area contributed by atoms with Gasteiger partial charge in [-0.15, -0.1) is 0 Å². The molecule has 1 heterocycles. The number of likely N-dealkylation sites (tertiary alicyclic amines) is 1. The van der Waals surface area contributed by atoms with Crippen molar-refractivity contribution in [3.63, 3.8) is 0 Å². The number of carbonyl (C=O) groups excluding carboxylic acids is 1. The van der Waals surface area contributed by atoms with E-state index in [2.05, 4.69) is 18.0 Å². The fourth-order valence-electron chi connectivity index (χ4n) is 3.17. The number of hydrogen-bond acceptors (Lipinski definition) is 4. The number of likely N-dealkylation sites (N-methyl/N-ethyl adjacent to an activating group) is 1. The Morgan fingerprint density at radius 2 is 2.10 bits per heavy atom. The number of hydrogen-bond donors (Lipinski definition) is 0. The first-order valence-corrected chi connectivity index (χ1v) is 7.30. The van der Waals surface area contributed by atoms with E-state index in [1.165, 1.54) is 6.42 Å². The Morgan fingerprint density at radius 3 is 2.81 bits per heavy atom. The van der Waals surface area contributed by atoms with Crippen LogP contribution in [-0.2, 0) is 4.74 Å². The summed E-state index contributed by atoms with van der Waals surface area (Å²) in [5.74, 6) is 1.14. The third-order valence-electron chi connectivity index (χ3n) is 4.44. The van der Waals surface area contributed by atoms with Crippen molar-refractivity contribution in [3.05, 3.63) is 47.2 Å². The van der Waals surface area contributed by atoms with Gasteiger partial charge in [-0.1, -0.05) is 0 Å². The molecule has 2 aliphatic rings. The lowest BCUT2D eigenvalue weighted by Crippen LogP contribution is -2.30. The molecule has 1 aliphatic carbocycles. The molecule has 1 fully saturated rings. The molecule has 1 aromatic carbocycles. The predicted octanol–water partition coefficient (Wildman–Crippen LogP) is 2.71. The Labute approximate surface area is 124 Å². The molecule has 2 atom stereocenters. The van der Waals surface area contributed by atoms with Crippen LogP contribution in [0.15, 0.2) is 36.1 Å². The number of nitrogens with zero attached hydrogens (tertiary/aromatic N) is 2. The van der Waals surface area contributed by atoms with Crippen molar-refractivity contribution in [2.24, 2.45) is 5.92 Å². The van der Waals surface area contributed by atoms with E-state index in [4.69, 9.17) is 10.00 Å². The van der Waals surface area contributed by atoms with Gasteiger partial charge in [0.25, 0.3) is 0 Å². The molecule has 0 saturated carbocycles. The minimum atomic E-state index is -0.343. The highest BCUT2D eigenvalue weighted by atomic mass is 16.5. The second-order valence-corrected chi connectivity index (χ2v) is 5.77. The van der Waals surface area contributed by atoms with Gasteiger partial charge in [-0.25, -0.2) is 4.79 Å². The molecule has 4 nitrogen and oxygen atoms in total. The number of esters is 1. The molecule has 108 valence electrons. The van der Waals surface area contributed by atoms with E-state index in [9.17, 15) is 4.79 Å². The van der Waals surface area contributed by atoms with E-state index in [0.29, 0.717) is 23.1 Å². The lowest BCUT2D eigenvalue weighted by atomic mass is 9.89. The molecule has 0 bridgehead atoms. The van der Waals surface area contributed by atoms with Crippen LogP contribution in [0.2, 0.25) is 0 Å². The van der Waals surface area contributed by atoms with Crippen molar-refractivity contribution < 1.29 is 9.53 Å². The average molecular weight is 282 g/mol. The van der Waals surface area contributed by atoms with Crippen LogP contribution in [0.5, 0.6) is 0 Å². The van der Waals surface area contributed by atoms with Gasteiger partial charge in [0.15, 0.2) is 0 Å². The molecule has 1 aromatic rings. The van der Waals surface area contributed by atoms with Gasteiger partial charge in [0.1, 0.15) is 5.76 Å². The Kier molecular flexibility index (Phi) is 3.76. The van der Waals surface area contributed by atoms with Crippen molar-refractivity contribution in [2.45, 2.75) is 25.3 Å². The number of rotatable bonds is 2. The number of benzene rings is 1. The number of carbonyl (C=O) groups is 1. The number of nitriles is 1. The van der Waals surface area contributed by atoms with Crippen LogP contribution in [0.4, 0.5) is 0 Å². The Balaban J connectivity index is 1.69. The first-order chi connectivity index (χ1) is 10.2. The standard InChI is InChI=1S/C17H18N2O2/c1-19-9-8-13-6-7-15(10-16(13)19)21-17(20)14-4-2-12(11-18)3-5-14/h2-5,10,13,16H,6-9H2,1H3. The summed E-state index contributed by atoms with van der Waals surface area (Å²) in [6, 6.07) is 8.97. The first-order valence-electron chi connectivity index (χ1n) is 7.30. The van der Waals surface area contributed by atoms with Crippen molar-refractivity contribution in [1.82, 2.24) is 4.90 Å². The summed E-state index contributed by atoms with van der Waals surface area (Å²) in [6.45, 7) is 1.11. The molecule has 0 spiro atoms. The monoisotopic (exact) mass is 282 g/mol. The second-order valence-electron chi connectivity index (χ2n) is 5.77. The molecular formula is C17H18N2O2. The molecule has 0 radical (unpaired) electrons. The third-order valence-corrected chi connectivity index (χ3v) is 4.44. The maximum Gasteiger partial charge on any atom is 0.343 e. The molecule has 0 amide bonds. The first kappa shape index (κ1) is 13.8. The minimum absolute atomic E-state index is 0.343. The molecule has 1 aliphatic heterocycles. The minimum Gasteiger partial charge on any atom is -0.428 e. The predicted molar refractivity (Wildman–Crippen MR) is 78.4 cm³/mol. The Hall–Kier alpha value is -2.12. The topological polar surface area (TPSA) is 53.3 Å². The quantitative estimate of drug-likeness (QED) is 0.783. The van der Waals surface area contributed by atoms with Crippen molar-refractivity contribution >= 4 is 5.97 Å². The smallest absolute Gasteiger partial charge is 0.343 e. The summed E-state index contributed by atoms with van der Waals surface area (Å²) in [4.78, 5) is 14.4. The molecule has 21 heavy (non-hydrogen) atoms. The van der Waals surface area contributed by atoms with Gasteiger partial charge in [-0.3, -0.25) is 4.90 Å². The van der Waals surface area contributed by atoms with Crippen molar-refractivity contribution in [1.29, 1.82) is 5.26 Å². The van der Waals surface area contributed by atoms with Crippen LogP contribution in [0.3, 0.4) is 0 Å². The van der Waals surface area contributed by atoms with Crippen molar-refractivity contribution in [2.75, 3.05) is 13.6 Å². The van der Waals surface area contributed by atoms with Crippen LogP contribution in [-0.4, -0.2) is 30.5 Å². The van der Waals surface area contributed by atoms with Gasteiger partial charge in [0.2, 0.25) is 0 Å². The fraction of sp³-hybridized carbons (Fsp3) is 0.412. The van der Waals surface area contributed by atoms with E-state index >= 15 is 0 Å². The summed E-state index contributed by atoms with van der Waals surface area (Å²) >= 11 is 0. The van der Waals surface area contributed by atoms with Gasteiger partial charge >= 0.3 is 5.97 Å². The number of ether oxygens (including phenoxy) is 1. The molecule has 3 rings (SSSR count). The summed E-state index contributed by atoms with van der Waals surface area (Å²) in [7, 11) is 2.12. The highest BCUT2D eigenvalue weighted by Gasteiger charge is 2.33. The summed E-state index contributed by atoms with van der Waals surface area (Å²) in [5, 5.41) is 8.76. The van der Waals surface area contributed by atoms with Crippen LogP contribution < -0.4 is 0 Å². The van der Waals surface area contributed by atoms with Gasteiger partial charge in [0.05, 0.1) is 17.2 Å². The third kappa shape index (κ3) is 2.84. The van der Waals surface area contributed by atoms with Crippen molar-refractivity contribution in [3.8, 4) is 6.07 Å². The summed E-state index contributed by atoms with van der Waals surface area (Å²) < 4.78 is 5.52. The second kappa shape index (κ2) is 5.71. The SMILES string of the molecule is CN1CCC2CCC(OC(=O)c3ccc(C#N)cc3)=CC21. The van der Waals surface area contributed by atoms with Crippen LogP contribution in [0.1, 0.15) is 35.2 Å². The highest BCUT2D eigenvalue weighted by molar-refractivity contribution is 5.90. The average Bonchev–Trinajstić information content (AvgIpc) is 2.88. The zero-order valence-electron chi connectivity index (χ0n) is 12.1. The number of allylic oxidation sites excluding steroid dienone is 1. The van der Waals surface area contributed by atoms with E-state index in [0.717, 1.165) is 25.1 Å². The van der Waals surface area contributed by atoms with Gasteiger partial charge < -0.3 is 4.74 Å². The van der Waals surface area contributed by atoms with E-state index in [1.807, 2.05) is 6.07 Å². The van der Waals surface area contributed by atoms with Crippen LogP contribution >= 0.6 is 0 Å². The lowest BCUT2D eigenvalue weighted by Gasteiger charge is -2.27. The van der Waals surface area contributed by atoms with Gasteiger partial charge in [0, 0.05) is 12.5 Å². The summed E-state index contributed by atoms with van der Waals surface area (Å²) in [6.07, 6.45) is 5.25. The van der Waals surface area contributed by atoms with Gasteiger partial charge in [-0.2, -0.15) is 5.26 Å². The highest BCUT2D eigenvalue weighted by Crippen LogP contribution is 2.34. The molecule has 0 aromatic heterocycles. The van der Waals surface area contributed by atoms with Crippen LogP contribution in [0, 0.1) is 17.2 Å². The molecule has 2 unspecified atom stereocenters. The molecule has 1 saturated heterocycles. The van der Waals surface area contributed by atoms with Crippen LogP contribution in [0.25, 0.3) is 0 Å². The maximum absolute atomic E-state index is 12.1.